The number of nitrogens with one attached hydrogen (secondary N) is 1. The van der Waals surface area contributed by atoms with E-state index in [-0.39, 0.29) is 0 Å². The molecule has 1 heterocycles. The van der Waals surface area contributed by atoms with Crippen molar-refractivity contribution in [2.75, 3.05) is 39.4 Å². The molecule has 1 fully saturated rings. The highest BCUT2D eigenvalue weighted by Crippen LogP contribution is 2.09. The van der Waals surface area contributed by atoms with Crippen molar-refractivity contribution < 1.29 is 4.74 Å². The van der Waals surface area contributed by atoms with Crippen LogP contribution in [0.1, 0.15) is 39.5 Å². The van der Waals surface area contributed by atoms with Crippen LogP contribution in [0.2, 0.25) is 0 Å². The molecule has 0 radical (unpaired) electrons. The van der Waals surface area contributed by atoms with Gasteiger partial charge in [-0.1, -0.05) is 6.92 Å². The van der Waals surface area contributed by atoms with Crippen molar-refractivity contribution in [1.29, 1.82) is 0 Å². The summed E-state index contributed by atoms with van der Waals surface area (Å²) in [5.41, 5.74) is 0. The van der Waals surface area contributed by atoms with Gasteiger partial charge in [0, 0.05) is 25.7 Å². The lowest BCUT2D eigenvalue weighted by Gasteiger charge is -2.27. The van der Waals surface area contributed by atoms with Crippen LogP contribution in [0.5, 0.6) is 0 Å². The van der Waals surface area contributed by atoms with Gasteiger partial charge in [0.2, 0.25) is 0 Å². The molecule has 1 unspecified atom stereocenters. The average Bonchev–Trinajstić information content (AvgIpc) is 2.57. The Morgan fingerprint density at radius 1 is 1.25 bits per heavy atom. The fraction of sp³-hybridized carbons (Fsp3) is 1.00. The molecule has 0 aromatic carbocycles. The first kappa shape index (κ1) is 13.9. The molecule has 0 aromatic rings. The van der Waals surface area contributed by atoms with Crippen LogP contribution in [0.3, 0.4) is 0 Å². The lowest BCUT2D eigenvalue weighted by Crippen LogP contribution is -2.35. The first-order valence-electron chi connectivity index (χ1n) is 6.87. The fourth-order valence-corrected chi connectivity index (χ4v) is 2.21. The average molecular weight is 228 g/mol. The predicted molar refractivity (Wildman–Crippen MR) is 68.9 cm³/mol. The fourth-order valence-electron chi connectivity index (χ4n) is 2.21. The summed E-state index contributed by atoms with van der Waals surface area (Å²) in [7, 11) is 0. The number of hydrogen-bond acceptors (Lipinski definition) is 3. The van der Waals surface area contributed by atoms with Gasteiger partial charge in [0.1, 0.15) is 0 Å². The third-order valence-electron chi connectivity index (χ3n) is 3.28. The van der Waals surface area contributed by atoms with E-state index in [0.717, 1.165) is 26.3 Å². The Morgan fingerprint density at radius 3 is 2.94 bits per heavy atom. The summed E-state index contributed by atoms with van der Waals surface area (Å²) in [6.45, 7) is 11.1. The van der Waals surface area contributed by atoms with Crippen molar-refractivity contribution in [3.63, 3.8) is 0 Å². The number of nitrogens with zero attached hydrogens (tertiary/aromatic N) is 1. The second kappa shape index (κ2) is 8.97. The first-order chi connectivity index (χ1) is 7.84. The molecule has 1 rings (SSSR count). The lowest BCUT2D eigenvalue weighted by atomic mass is 10.1. The third kappa shape index (κ3) is 5.83. The van der Waals surface area contributed by atoms with E-state index in [1.807, 2.05) is 0 Å². The van der Waals surface area contributed by atoms with Gasteiger partial charge in [-0.25, -0.2) is 0 Å². The highest BCUT2D eigenvalue weighted by Gasteiger charge is 2.14. The van der Waals surface area contributed by atoms with Gasteiger partial charge >= 0.3 is 0 Å². The van der Waals surface area contributed by atoms with Crippen LogP contribution in [0.4, 0.5) is 0 Å². The minimum absolute atomic E-state index is 0.713. The Hall–Kier alpha value is -0.120. The van der Waals surface area contributed by atoms with Crippen molar-refractivity contribution in [3.05, 3.63) is 0 Å². The van der Waals surface area contributed by atoms with Gasteiger partial charge < -0.3 is 10.1 Å². The SMILES string of the molecule is CCCNCCCC(C)N1CCCOCC1. The molecule has 1 atom stereocenters. The van der Waals surface area contributed by atoms with Crippen LogP contribution in [0.25, 0.3) is 0 Å². The minimum atomic E-state index is 0.713. The van der Waals surface area contributed by atoms with E-state index in [9.17, 15) is 0 Å². The molecule has 16 heavy (non-hydrogen) atoms. The molecule has 96 valence electrons. The molecule has 1 N–H and O–H groups in total. The Labute approximate surface area is 101 Å². The van der Waals surface area contributed by atoms with Crippen molar-refractivity contribution in [3.8, 4) is 0 Å². The summed E-state index contributed by atoms with van der Waals surface area (Å²) in [5.74, 6) is 0. The summed E-state index contributed by atoms with van der Waals surface area (Å²) < 4.78 is 5.48. The van der Waals surface area contributed by atoms with Crippen LogP contribution < -0.4 is 5.32 Å². The zero-order chi connectivity index (χ0) is 11.6. The molecule has 1 saturated heterocycles. The van der Waals surface area contributed by atoms with Gasteiger partial charge in [0.25, 0.3) is 0 Å². The minimum Gasteiger partial charge on any atom is -0.380 e. The topological polar surface area (TPSA) is 24.5 Å². The quantitative estimate of drug-likeness (QED) is 0.673. The molecule has 0 amide bonds. The summed E-state index contributed by atoms with van der Waals surface area (Å²) in [5, 5.41) is 3.46. The Bertz CT molecular complexity index is 156. The third-order valence-corrected chi connectivity index (χ3v) is 3.28. The van der Waals surface area contributed by atoms with E-state index in [1.54, 1.807) is 0 Å². The maximum Gasteiger partial charge on any atom is 0.0593 e. The molecular formula is C13H28N2O. The standard InChI is InChI=1S/C13H28N2O/c1-3-7-14-8-4-6-13(2)15-9-5-11-16-12-10-15/h13-14H,3-12H2,1-2H3. The highest BCUT2D eigenvalue weighted by molar-refractivity contribution is 4.69. The zero-order valence-corrected chi connectivity index (χ0v) is 11.0. The summed E-state index contributed by atoms with van der Waals surface area (Å²) in [4.78, 5) is 2.58. The van der Waals surface area contributed by atoms with Crippen LogP contribution in [-0.4, -0.2) is 50.3 Å². The molecular weight excluding hydrogens is 200 g/mol. The lowest BCUT2D eigenvalue weighted by molar-refractivity contribution is 0.132. The summed E-state index contributed by atoms with van der Waals surface area (Å²) in [6.07, 6.45) is 5.02. The van der Waals surface area contributed by atoms with E-state index in [4.69, 9.17) is 4.74 Å². The normalized spacial score (nSPS) is 20.6. The smallest absolute Gasteiger partial charge is 0.0593 e. The largest absolute Gasteiger partial charge is 0.380 e. The second-order valence-corrected chi connectivity index (χ2v) is 4.74. The molecule has 1 aliphatic heterocycles. The van der Waals surface area contributed by atoms with Gasteiger partial charge in [0.05, 0.1) is 6.61 Å². The number of hydrogen-bond donors (Lipinski definition) is 1. The molecule has 1 aliphatic rings. The van der Waals surface area contributed by atoms with Gasteiger partial charge in [0.15, 0.2) is 0 Å². The summed E-state index contributed by atoms with van der Waals surface area (Å²) in [6, 6.07) is 0.713. The van der Waals surface area contributed by atoms with E-state index >= 15 is 0 Å². The molecule has 3 nitrogen and oxygen atoms in total. The maximum absolute atomic E-state index is 5.48. The van der Waals surface area contributed by atoms with Crippen molar-refractivity contribution >= 4 is 0 Å². The van der Waals surface area contributed by atoms with Crippen molar-refractivity contribution in [2.45, 2.75) is 45.6 Å². The van der Waals surface area contributed by atoms with Gasteiger partial charge in [-0.15, -0.1) is 0 Å². The Kier molecular flexibility index (Phi) is 7.81. The number of rotatable bonds is 7. The molecule has 0 aromatic heterocycles. The van der Waals surface area contributed by atoms with E-state index in [0.29, 0.717) is 6.04 Å². The van der Waals surface area contributed by atoms with Gasteiger partial charge in [-0.05, 0) is 45.7 Å². The predicted octanol–water partition coefficient (Wildman–Crippen LogP) is 1.88. The highest BCUT2D eigenvalue weighted by atomic mass is 16.5. The van der Waals surface area contributed by atoms with Crippen LogP contribution in [0.15, 0.2) is 0 Å². The molecule has 3 heteroatoms. The monoisotopic (exact) mass is 228 g/mol. The molecule has 0 aliphatic carbocycles. The van der Waals surface area contributed by atoms with Gasteiger partial charge in [-0.3, -0.25) is 4.90 Å². The first-order valence-corrected chi connectivity index (χ1v) is 6.87. The van der Waals surface area contributed by atoms with Gasteiger partial charge in [-0.2, -0.15) is 0 Å². The molecule has 0 saturated carbocycles. The van der Waals surface area contributed by atoms with Crippen LogP contribution >= 0.6 is 0 Å². The van der Waals surface area contributed by atoms with E-state index in [2.05, 4.69) is 24.1 Å². The Balaban J connectivity index is 2.05. The zero-order valence-electron chi connectivity index (χ0n) is 11.0. The van der Waals surface area contributed by atoms with Crippen LogP contribution in [0, 0.1) is 0 Å². The summed E-state index contributed by atoms with van der Waals surface area (Å²) >= 11 is 0. The maximum atomic E-state index is 5.48. The van der Waals surface area contributed by atoms with E-state index < -0.39 is 0 Å². The van der Waals surface area contributed by atoms with Crippen molar-refractivity contribution in [1.82, 2.24) is 10.2 Å². The second-order valence-electron chi connectivity index (χ2n) is 4.74. The molecule has 0 bridgehead atoms. The van der Waals surface area contributed by atoms with Crippen LogP contribution in [-0.2, 0) is 4.74 Å². The Morgan fingerprint density at radius 2 is 2.12 bits per heavy atom. The molecule has 0 spiro atoms. The number of ether oxygens (including phenoxy) is 1. The van der Waals surface area contributed by atoms with E-state index in [1.165, 1.54) is 38.8 Å². The van der Waals surface area contributed by atoms with Crippen molar-refractivity contribution in [2.24, 2.45) is 0 Å².